The number of aliphatic carboxylic acids is 1. The molecule has 0 bridgehead atoms. The van der Waals surface area contributed by atoms with Gasteiger partial charge in [-0.05, 0) is 32.3 Å². The maximum Gasteiger partial charge on any atom is 0.508 e. The van der Waals surface area contributed by atoms with E-state index in [1.165, 1.54) is 0 Å². The van der Waals surface area contributed by atoms with Gasteiger partial charge in [-0.3, -0.25) is 4.79 Å². The first-order chi connectivity index (χ1) is 9.80. The zero-order valence-corrected chi connectivity index (χ0v) is 12.2. The predicted octanol–water partition coefficient (Wildman–Crippen LogP) is 1.96. The quantitative estimate of drug-likeness (QED) is 0.746. The van der Waals surface area contributed by atoms with Gasteiger partial charge in [0, 0.05) is 0 Å². The normalized spacial score (nSPS) is 12.5. The Hall–Kier alpha value is -2.08. The second-order valence-electron chi connectivity index (χ2n) is 5.35. The number of rotatable bonds is 7. The third-order valence-electron chi connectivity index (χ3n) is 2.92. The summed E-state index contributed by atoms with van der Waals surface area (Å²) in [4.78, 5) is 22.0. The summed E-state index contributed by atoms with van der Waals surface area (Å²) in [5, 5.41) is 8.58. The summed E-state index contributed by atoms with van der Waals surface area (Å²) in [6, 6.07) is 8.59. The molecule has 1 rings (SSSR count). The smallest absolute Gasteiger partial charge is 0.480 e. The SMILES string of the molecule is CC(C)(CCc1ccccc1)OC(=O)OC[C@H](N)C(=O)O. The van der Waals surface area contributed by atoms with E-state index in [1.54, 1.807) is 13.8 Å². The zero-order chi connectivity index (χ0) is 15.9. The van der Waals surface area contributed by atoms with Gasteiger partial charge in [0.25, 0.3) is 0 Å². The van der Waals surface area contributed by atoms with E-state index in [1.807, 2.05) is 30.3 Å². The Morgan fingerprint density at radius 1 is 1.29 bits per heavy atom. The van der Waals surface area contributed by atoms with Crippen molar-refractivity contribution >= 4 is 12.1 Å². The number of nitrogens with two attached hydrogens (primary N) is 1. The number of carboxylic acid groups (broad SMARTS) is 1. The largest absolute Gasteiger partial charge is 0.508 e. The van der Waals surface area contributed by atoms with Crippen LogP contribution in [0.1, 0.15) is 25.8 Å². The highest BCUT2D eigenvalue weighted by atomic mass is 16.7. The second-order valence-corrected chi connectivity index (χ2v) is 5.35. The third kappa shape index (κ3) is 6.76. The molecule has 0 fully saturated rings. The first-order valence-electron chi connectivity index (χ1n) is 6.68. The molecular weight excluding hydrogens is 274 g/mol. The van der Waals surface area contributed by atoms with Crippen LogP contribution in [0.5, 0.6) is 0 Å². The van der Waals surface area contributed by atoms with Gasteiger partial charge in [0.2, 0.25) is 0 Å². The van der Waals surface area contributed by atoms with Crippen molar-refractivity contribution in [1.82, 2.24) is 0 Å². The van der Waals surface area contributed by atoms with Crippen LogP contribution in [0.3, 0.4) is 0 Å². The van der Waals surface area contributed by atoms with Crippen LogP contribution in [0, 0.1) is 0 Å². The lowest BCUT2D eigenvalue weighted by atomic mass is 9.99. The van der Waals surface area contributed by atoms with Crippen molar-refractivity contribution in [3.8, 4) is 0 Å². The Labute approximate surface area is 123 Å². The summed E-state index contributed by atoms with van der Waals surface area (Å²) >= 11 is 0. The number of benzene rings is 1. The number of carbonyl (C=O) groups is 2. The van der Waals surface area contributed by atoms with Crippen molar-refractivity contribution in [1.29, 1.82) is 0 Å². The standard InChI is InChI=1S/C15H21NO5/c1-15(2,9-8-11-6-4-3-5-7-11)21-14(19)20-10-12(16)13(17)18/h3-7,12H,8-10,16H2,1-2H3,(H,17,18)/t12-/m0/s1. The average molecular weight is 295 g/mol. The summed E-state index contributed by atoms with van der Waals surface area (Å²) < 4.78 is 9.87. The number of hydrogen-bond donors (Lipinski definition) is 2. The van der Waals surface area contributed by atoms with Crippen LogP contribution in [0.25, 0.3) is 0 Å². The molecule has 1 aromatic rings. The number of hydrogen-bond acceptors (Lipinski definition) is 5. The van der Waals surface area contributed by atoms with Crippen LogP contribution in [0.15, 0.2) is 30.3 Å². The fourth-order valence-electron chi connectivity index (χ4n) is 1.63. The van der Waals surface area contributed by atoms with Gasteiger partial charge < -0.3 is 20.3 Å². The minimum absolute atomic E-state index is 0.414. The number of ether oxygens (including phenoxy) is 2. The summed E-state index contributed by atoms with van der Waals surface area (Å²) in [6.07, 6.45) is 0.470. The molecule has 0 aliphatic carbocycles. The predicted molar refractivity (Wildman–Crippen MR) is 76.9 cm³/mol. The molecule has 1 aromatic carbocycles. The third-order valence-corrected chi connectivity index (χ3v) is 2.92. The van der Waals surface area contributed by atoms with Crippen molar-refractivity contribution in [2.75, 3.05) is 6.61 Å². The van der Waals surface area contributed by atoms with E-state index in [0.29, 0.717) is 6.42 Å². The van der Waals surface area contributed by atoms with Crippen LogP contribution >= 0.6 is 0 Å². The monoisotopic (exact) mass is 295 g/mol. The topological polar surface area (TPSA) is 98.9 Å². The minimum Gasteiger partial charge on any atom is -0.480 e. The van der Waals surface area contributed by atoms with E-state index in [4.69, 9.17) is 15.6 Å². The maximum atomic E-state index is 11.5. The van der Waals surface area contributed by atoms with Crippen molar-refractivity contribution in [2.45, 2.75) is 38.3 Å². The molecule has 0 saturated heterocycles. The highest BCUT2D eigenvalue weighted by Crippen LogP contribution is 2.18. The van der Waals surface area contributed by atoms with Gasteiger partial charge in [0.05, 0.1) is 0 Å². The summed E-state index contributed by atoms with van der Waals surface area (Å²) in [5.74, 6) is -1.23. The average Bonchev–Trinajstić information content (AvgIpc) is 2.43. The maximum absolute atomic E-state index is 11.5. The van der Waals surface area contributed by atoms with Gasteiger partial charge in [-0.25, -0.2) is 4.79 Å². The van der Waals surface area contributed by atoms with E-state index in [-0.39, 0.29) is 0 Å². The first-order valence-corrected chi connectivity index (χ1v) is 6.68. The van der Waals surface area contributed by atoms with Crippen LogP contribution in [0.4, 0.5) is 4.79 Å². The Kier molecular flexibility index (Phi) is 6.17. The molecule has 3 N–H and O–H groups in total. The molecule has 0 heterocycles. The molecule has 6 heteroatoms. The van der Waals surface area contributed by atoms with Gasteiger partial charge in [-0.15, -0.1) is 0 Å². The van der Waals surface area contributed by atoms with Gasteiger partial charge in [0.15, 0.2) is 0 Å². The van der Waals surface area contributed by atoms with Crippen molar-refractivity contribution in [2.24, 2.45) is 5.73 Å². The minimum atomic E-state index is -1.25. The van der Waals surface area contributed by atoms with Crippen LogP contribution < -0.4 is 5.73 Å². The molecule has 0 aliphatic heterocycles. The lowest BCUT2D eigenvalue weighted by Crippen LogP contribution is -2.37. The molecule has 0 saturated carbocycles. The van der Waals surface area contributed by atoms with Crippen molar-refractivity contribution in [3.05, 3.63) is 35.9 Å². The van der Waals surface area contributed by atoms with Gasteiger partial charge >= 0.3 is 12.1 Å². The lowest BCUT2D eigenvalue weighted by Gasteiger charge is -2.24. The zero-order valence-electron chi connectivity index (χ0n) is 12.2. The molecule has 0 aliphatic rings. The van der Waals surface area contributed by atoms with E-state index in [0.717, 1.165) is 12.0 Å². The second kappa shape index (κ2) is 7.64. The first kappa shape index (κ1) is 17.0. The lowest BCUT2D eigenvalue weighted by molar-refractivity contribution is -0.139. The Bertz CT molecular complexity index is 472. The molecule has 21 heavy (non-hydrogen) atoms. The summed E-state index contributed by atoms with van der Waals surface area (Å²) in [6.45, 7) is 3.13. The Morgan fingerprint density at radius 2 is 1.90 bits per heavy atom. The summed E-state index contributed by atoms with van der Waals surface area (Å²) in [7, 11) is 0. The van der Waals surface area contributed by atoms with Gasteiger partial charge in [-0.1, -0.05) is 30.3 Å². The van der Waals surface area contributed by atoms with E-state index < -0.39 is 30.4 Å². The molecule has 6 nitrogen and oxygen atoms in total. The van der Waals surface area contributed by atoms with Crippen molar-refractivity contribution < 1.29 is 24.2 Å². The van der Waals surface area contributed by atoms with Gasteiger partial charge in [0.1, 0.15) is 18.2 Å². The molecule has 0 radical (unpaired) electrons. The van der Waals surface area contributed by atoms with Crippen molar-refractivity contribution in [3.63, 3.8) is 0 Å². The van der Waals surface area contributed by atoms with E-state index in [2.05, 4.69) is 4.74 Å². The van der Waals surface area contributed by atoms with Crippen LogP contribution in [-0.4, -0.2) is 35.5 Å². The molecule has 0 spiro atoms. The molecule has 0 amide bonds. The van der Waals surface area contributed by atoms with Gasteiger partial charge in [-0.2, -0.15) is 0 Å². The summed E-state index contributed by atoms with van der Waals surface area (Å²) in [5.41, 5.74) is 5.67. The Balaban J connectivity index is 2.37. The van der Waals surface area contributed by atoms with Crippen LogP contribution in [0.2, 0.25) is 0 Å². The fraction of sp³-hybridized carbons (Fsp3) is 0.467. The Morgan fingerprint density at radius 3 is 2.48 bits per heavy atom. The molecule has 116 valence electrons. The molecule has 0 aromatic heterocycles. The highest BCUT2D eigenvalue weighted by Gasteiger charge is 2.24. The number of carboxylic acids is 1. The van der Waals surface area contributed by atoms with Crippen LogP contribution in [-0.2, 0) is 20.7 Å². The number of carbonyl (C=O) groups excluding carboxylic acids is 1. The van der Waals surface area contributed by atoms with E-state index in [9.17, 15) is 9.59 Å². The fourth-order valence-corrected chi connectivity index (χ4v) is 1.63. The molecule has 1 atom stereocenters. The molecular formula is C15H21NO5. The number of aryl methyl sites for hydroxylation is 1. The highest BCUT2D eigenvalue weighted by molar-refractivity contribution is 5.73. The van der Waals surface area contributed by atoms with E-state index >= 15 is 0 Å². The molecule has 0 unspecified atom stereocenters.